The van der Waals surface area contributed by atoms with E-state index in [1.54, 1.807) is 4.40 Å². The fourth-order valence-electron chi connectivity index (χ4n) is 1.92. The molecule has 0 aliphatic heterocycles. The van der Waals surface area contributed by atoms with Gasteiger partial charge in [-0.15, -0.1) is 0 Å². The van der Waals surface area contributed by atoms with Gasteiger partial charge in [-0.25, -0.2) is 9.37 Å². The van der Waals surface area contributed by atoms with Crippen LogP contribution in [-0.4, -0.2) is 9.38 Å². The van der Waals surface area contributed by atoms with Crippen LogP contribution in [0, 0.1) is 5.82 Å². The molecule has 0 saturated heterocycles. The van der Waals surface area contributed by atoms with Crippen LogP contribution >= 0.6 is 11.6 Å². The molecule has 2 rings (SSSR count). The number of imidazole rings is 1. The number of hydrogen-bond donors (Lipinski definition) is 1. The van der Waals surface area contributed by atoms with Crippen LogP contribution in [0.25, 0.3) is 5.65 Å². The lowest BCUT2D eigenvalue weighted by Crippen LogP contribution is -2.16. The third-order valence-electron chi connectivity index (χ3n) is 2.64. The Bertz CT molecular complexity index is 569. The van der Waals surface area contributed by atoms with Gasteiger partial charge in [0.1, 0.15) is 5.82 Å². The van der Waals surface area contributed by atoms with Crippen molar-refractivity contribution < 1.29 is 4.39 Å². The maximum Gasteiger partial charge on any atom is 0.156 e. The monoisotopic (exact) mass is 255 g/mol. The number of pyridine rings is 1. The molecular formula is C12H15ClFN3. The quantitative estimate of drug-likeness (QED) is 0.852. The van der Waals surface area contributed by atoms with Crippen LogP contribution in [-0.2, 0) is 12.0 Å². The third kappa shape index (κ3) is 2.03. The average Bonchev–Trinajstić information content (AvgIpc) is 2.55. The highest BCUT2D eigenvalue weighted by Gasteiger charge is 2.24. The summed E-state index contributed by atoms with van der Waals surface area (Å²) in [6.07, 6.45) is 1.37. The van der Waals surface area contributed by atoms with Crippen molar-refractivity contribution in [1.29, 1.82) is 0 Å². The number of halogens is 2. The summed E-state index contributed by atoms with van der Waals surface area (Å²) in [6.45, 7) is 6.42. The fraction of sp³-hybridized carbons (Fsp3) is 0.417. The summed E-state index contributed by atoms with van der Waals surface area (Å²) in [5.74, 6) is -0.393. The molecule has 0 spiro atoms. The zero-order valence-electron chi connectivity index (χ0n) is 10.1. The molecule has 0 bridgehead atoms. The molecule has 0 aromatic carbocycles. The van der Waals surface area contributed by atoms with E-state index in [0.717, 1.165) is 11.4 Å². The summed E-state index contributed by atoms with van der Waals surface area (Å²) in [5.41, 5.74) is 7.79. The Kier molecular flexibility index (Phi) is 2.87. The van der Waals surface area contributed by atoms with Gasteiger partial charge in [-0.1, -0.05) is 32.4 Å². The molecule has 92 valence electrons. The van der Waals surface area contributed by atoms with Gasteiger partial charge >= 0.3 is 0 Å². The van der Waals surface area contributed by atoms with E-state index < -0.39 is 5.82 Å². The number of rotatable bonds is 1. The highest BCUT2D eigenvalue weighted by Crippen LogP contribution is 2.29. The number of nitrogens with zero attached hydrogens (tertiary/aromatic N) is 2. The SMILES string of the molecule is CC(C)(C)c1nc2c(Cl)cc(F)cn2c1CN. The van der Waals surface area contributed by atoms with Crippen LogP contribution in [0.5, 0.6) is 0 Å². The minimum absolute atomic E-state index is 0.152. The summed E-state index contributed by atoms with van der Waals surface area (Å²) in [7, 11) is 0. The Morgan fingerprint density at radius 1 is 1.47 bits per heavy atom. The van der Waals surface area contributed by atoms with E-state index in [0.29, 0.717) is 17.2 Å². The van der Waals surface area contributed by atoms with E-state index in [1.165, 1.54) is 12.3 Å². The lowest BCUT2D eigenvalue weighted by Gasteiger charge is -2.17. The number of nitrogens with two attached hydrogens (primary N) is 1. The molecule has 2 heterocycles. The molecule has 0 radical (unpaired) electrons. The molecule has 17 heavy (non-hydrogen) atoms. The minimum Gasteiger partial charge on any atom is -0.325 e. The minimum atomic E-state index is -0.393. The fourth-order valence-corrected chi connectivity index (χ4v) is 2.15. The molecule has 0 atom stereocenters. The largest absolute Gasteiger partial charge is 0.325 e. The normalized spacial score (nSPS) is 12.4. The Morgan fingerprint density at radius 3 is 2.65 bits per heavy atom. The van der Waals surface area contributed by atoms with Gasteiger partial charge < -0.3 is 5.73 Å². The Hall–Kier alpha value is -1.13. The molecule has 0 fully saturated rings. The van der Waals surface area contributed by atoms with Gasteiger partial charge in [-0.2, -0.15) is 0 Å². The van der Waals surface area contributed by atoms with Gasteiger partial charge in [0.2, 0.25) is 0 Å². The number of aromatic nitrogens is 2. The molecule has 2 aromatic rings. The lowest BCUT2D eigenvalue weighted by molar-refractivity contribution is 0.563. The molecule has 5 heteroatoms. The maximum absolute atomic E-state index is 13.3. The first kappa shape index (κ1) is 12.3. The van der Waals surface area contributed by atoms with Gasteiger partial charge in [0.25, 0.3) is 0 Å². The topological polar surface area (TPSA) is 43.3 Å². The van der Waals surface area contributed by atoms with E-state index in [4.69, 9.17) is 17.3 Å². The predicted molar refractivity (Wildman–Crippen MR) is 66.8 cm³/mol. The van der Waals surface area contributed by atoms with E-state index in [2.05, 4.69) is 4.98 Å². The van der Waals surface area contributed by atoms with Gasteiger partial charge in [0, 0.05) is 18.2 Å². The van der Waals surface area contributed by atoms with Crippen LogP contribution in [0.3, 0.4) is 0 Å². The van der Waals surface area contributed by atoms with Gasteiger partial charge in [-0.05, 0) is 6.07 Å². The maximum atomic E-state index is 13.3. The third-order valence-corrected chi connectivity index (χ3v) is 2.92. The van der Waals surface area contributed by atoms with Crippen molar-refractivity contribution in [3.8, 4) is 0 Å². The van der Waals surface area contributed by atoms with Crippen LogP contribution < -0.4 is 5.73 Å². The first-order valence-electron chi connectivity index (χ1n) is 5.41. The van der Waals surface area contributed by atoms with E-state index in [9.17, 15) is 4.39 Å². The highest BCUT2D eigenvalue weighted by molar-refractivity contribution is 6.33. The van der Waals surface area contributed by atoms with E-state index in [-0.39, 0.29) is 5.41 Å². The Morgan fingerprint density at radius 2 is 2.12 bits per heavy atom. The second kappa shape index (κ2) is 3.96. The van der Waals surface area contributed by atoms with Crippen molar-refractivity contribution in [3.05, 3.63) is 34.5 Å². The van der Waals surface area contributed by atoms with Crippen molar-refractivity contribution in [2.75, 3.05) is 0 Å². The van der Waals surface area contributed by atoms with Crippen molar-refractivity contribution in [1.82, 2.24) is 9.38 Å². The van der Waals surface area contributed by atoms with Crippen molar-refractivity contribution in [2.24, 2.45) is 5.73 Å². The molecular weight excluding hydrogens is 241 g/mol. The van der Waals surface area contributed by atoms with Crippen LogP contribution in [0.1, 0.15) is 32.2 Å². The van der Waals surface area contributed by atoms with Crippen LogP contribution in [0.15, 0.2) is 12.3 Å². The first-order chi connectivity index (χ1) is 7.84. The summed E-state index contributed by atoms with van der Waals surface area (Å²) >= 11 is 5.99. The highest BCUT2D eigenvalue weighted by atomic mass is 35.5. The first-order valence-corrected chi connectivity index (χ1v) is 5.79. The van der Waals surface area contributed by atoms with Crippen molar-refractivity contribution in [3.63, 3.8) is 0 Å². The second-order valence-electron chi connectivity index (χ2n) is 5.06. The molecule has 0 aliphatic carbocycles. The average molecular weight is 256 g/mol. The lowest BCUT2D eigenvalue weighted by atomic mass is 9.91. The number of fused-ring (bicyclic) bond motifs is 1. The molecule has 2 N–H and O–H groups in total. The summed E-state index contributed by atoms with van der Waals surface area (Å²) in [4.78, 5) is 4.48. The Balaban J connectivity index is 2.85. The molecule has 0 aliphatic rings. The molecule has 0 amide bonds. The van der Waals surface area contributed by atoms with Gasteiger partial charge in [0.15, 0.2) is 5.65 Å². The van der Waals surface area contributed by atoms with Crippen LogP contribution in [0.4, 0.5) is 4.39 Å². The van der Waals surface area contributed by atoms with Crippen molar-refractivity contribution in [2.45, 2.75) is 32.7 Å². The van der Waals surface area contributed by atoms with Crippen LogP contribution in [0.2, 0.25) is 5.02 Å². The molecule has 0 unspecified atom stereocenters. The molecule has 2 aromatic heterocycles. The zero-order chi connectivity index (χ0) is 12.8. The van der Waals surface area contributed by atoms with Gasteiger partial charge in [-0.3, -0.25) is 4.40 Å². The smallest absolute Gasteiger partial charge is 0.156 e. The summed E-state index contributed by atoms with van der Waals surface area (Å²) in [5, 5.41) is 0.301. The van der Waals surface area contributed by atoms with Crippen molar-refractivity contribution >= 4 is 17.2 Å². The number of hydrogen-bond acceptors (Lipinski definition) is 2. The standard InChI is InChI=1S/C12H15ClFN3/c1-12(2,3)10-9(5-15)17-6-7(14)4-8(13)11(17)16-10/h4,6H,5,15H2,1-3H3. The predicted octanol–water partition coefficient (Wildman–Crippen LogP) is 2.88. The van der Waals surface area contributed by atoms with E-state index in [1.807, 2.05) is 20.8 Å². The molecule has 3 nitrogen and oxygen atoms in total. The zero-order valence-corrected chi connectivity index (χ0v) is 10.8. The Labute approximate surface area is 104 Å². The summed E-state index contributed by atoms with van der Waals surface area (Å²) < 4.78 is 15.0. The molecule has 0 saturated carbocycles. The van der Waals surface area contributed by atoms with Gasteiger partial charge in [0.05, 0.1) is 16.4 Å². The summed E-state index contributed by atoms with van der Waals surface area (Å²) in [6, 6.07) is 1.26. The van der Waals surface area contributed by atoms with E-state index >= 15 is 0 Å². The second-order valence-corrected chi connectivity index (χ2v) is 5.47.